The summed E-state index contributed by atoms with van der Waals surface area (Å²) < 4.78 is 5.42. The van der Waals surface area contributed by atoms with Crippen molar-refractivity contribution in [2.75, 3.05) is 0 Å². The normalized spacial score (nSPS) is 26.0. The Labute approximate surface area is 110 Å². The van der Waals surface area contributed by atoms with Crippen LogP contribution in [-0.2, 0) is 9.53 Å². The molecule has 1 heterocycles. The zero-order chi connectivity index (χ0) is 13.4. The number of nitrogens with zero attached hydrogens (tertiary/aromatic N) is 1. The van der Waals surface area contributed by atoms with E-state index < -0.39 is 17.1 Å². The Bertz CT molecular complexity index is 564. The Morgan fingerprint density at radius 2 is 1.95 bits per heavy atom. The minimum atomic E-state index is -1.17. The molecule has 0 saturated heterocycles. The average molecular weight is 259 g/mol. The maximum atomic E-state index is 12.1. The van der Waals surface area contributed by atoms with Gasteiger partial charge in [-0.25, -0.2) is 0 Å². The number of Topliss-reactive ketones (excluding diaryl/α,β-unsaturated/α-hetero) is 1. The molecule has 1 aromatic carbocycles. The number of nitro groups is 1. The van der Waals surface area contributed by atoms with Crippen molar-refractivity contribution in [1.29, 1.82) is 0 Å². The van der Waals surface area contributed by atoms with Crippen LogP contribution in [0.25, 0.3) is 0 Å². The van der Waals surface area contributed by atoms with Crippen LogP contribution in [0.2, 0.25) is 0 Å². The summed E-state index contributed by atoms with van der Waals surface area (Å²) in [5.74, 6) is -0.0646. The minimum absolute atomic E-state index is 0.0144. The smallest absolute Gasteiger partial charge is 0.364 e. The zero-order valence-corrected chi connectivity index (χ0v) is 10.2. The third-order valence-electron chi connectivity index (χ3n) is 3.63. The minimum Gasteiger partial charge on any atom is -0.433 e. The number of ether oxygens (including phenoxy) is 1. The van der Waals surface area contributed by atoms with Gasteiger partial charge >= 0.3 is 6.23 Å². The largest absolute Gasteiger partial charge is 0.433 e. The molecule has 0 radical (unpaired) electrons. The van der Waals surface area contributed by atoms with Gasteiger partial charge in [0.15, 0.2) is 5.78 Å². The molecule has 1 aromatic rings. The maximum absolute atomic E-state index is 12.1. The molecule has 1 aliphatic carbocycles. The van der Waals surface area contributed by atoms with E-state index in [2.05, 4.69) is 0 Å². The number of hydrogen-bond acceptors (Lipinski definition) is 4. The summed E-state index contributed by atoms with van der Waals surface area (Å²) in [5, 5.41) is 11.2. The van der Waals surface area contributed by atoms with Gasteiger partial charge in [0.2, 0.25) is 0 Å². The Kier molecular flexibility index (Phi) is 2.81. The lowest BCUT2D eigenvalue weighted by Gasteiger charge is -2.15. The summed E-state index contributed by atoms with van der Waals surface area (Å²) in [4.78, 5) is 22.8. The topological polar surface area (TPSA) is 69.4 Å². The highest BCUT2D eigenvalue weighted by atomic mass is 16.7. The van der Waals surface area contributed by atoms with Crippen LogP contribution in [-0.4, -0.2) is 16.9 Å². The summed E-state index contributed by atoms with van der Waals surface area (Å²) in [6, 6.07) is 9.10. The molecule has 2 aliphatic rings. The molecule has 0 amide bonds. The predicted molar refractivity (Wildman–Crippen MR) is 66.9 cm³/mol. The van der Waals surface area contributed by atoms with E-state index in [1.807, 2.05) is 30.3 Å². The lowest BCUT2D eigenvalue weighted by molar-refractivity contribution is -0.570. The molecular weight excluding hydrogens is 246 g/mol. The second-order valence-electron chi connectivity index (χ2n) is 4.80. The van der Waals surface area contributed by atoms with Gasteiger partial charge in [0.05, 0.1) is 10.5 Å². The van der Waals surface area contributed by atoms with Crippen molar-refractivity contribution >= 4 is 5.78 Å². The van der Waals surface area contributed by atoms with Gasteiger partial charge in [0.25, 0.3) is 0 Å². The lowest BCUT2D eigenvalue weighted by atomic mass is 9.84. The quantitative estimate of drug-likeness (QED) is 0.604. The molecule has 5 nitrogen and oxygen atoms in total. The monoisotopic (exact) mass is 259 g/mol. The van der Waals surface area contributed by atoms with Crippen LogP contribution in [0.1, 0.15) is 30.7 Å². The third kappa shape index (κ3) is 1.91. The summed E-state index contributed by atoms with van der Waals surface area (Å²) in [7, 11) is 0. The summed E-state index contributed by atoms with van der Waals surface area (Å²) in [6.07, 6.45) is 0.614. The number of carbonyl (C=O) groups excluding carboxylic acids is 1. The summed E-state index contributed by atoms with van der Waals surface area (Å²) >= 11 is 0. The van der Waals surface area contributed by atoms with Gasteiger partial charge in [-0.05, 0) is 12.0 Å². The third-order valence-corrected chi connectivity index (χ3v) is 3.63. The first-order valence-electron chi connectivity index (χ1n) is 6.30. The van der Waals surface area contributed by atoms with Crippen LogP contribution < -0.4 is 0 Å². The van der Waals surface area contributed by atoms with Crippen LogP contribution in [0, 0.1) is 10.1 Å². The number of benzene rings is 1. The Morgan fingerprint density at radius 3 is 2.63 bits per heavy atom. The first-order chi connectivity index (χ1) is 9.18. The predicted octanol–water partition coefficient (Wildman–Crippen LogP) is 2.41. The van der Waals surface area contributed by atoms with Crippen LogP contribution >= 0.6 is 0 Å². The zero-order valence-electron chi connectivity index (χ0n) is 10.2. The van der Waals surface area contributed by atoms with Gasteiger partial charge in [-0.1, -0.05) is 30.3 Å². The molecule has 2 atom stereocenters. The van der Waals surface area contributed by atoms with E-state index in [9.17, 15) is 14.9 Å². The van der Waals surface area contributed by atoms with Crippen molar-refractivity contribution in [2.45, 2.75) is 31.4 Å². The van der Waals surface area contributed by atoms with E-state index >= 15 is 0 Å². The summed E-state index contributed by atoms with van der Waals surface area (Å²) in [6.45, 7) is 0. The number of allylic oxidation sites excluding steroid dienone is 1. The van der Waals surface area contributed by atoms with Crippen molar-refractivity contribution < 1.29 is 14.5 Å². The lowest BCUT2D eigenvalue weighted by Crippen LogP contribution is -2.27. The van der Waals surface area contributed by atoms with Crippen LogP contribution in [0.15, 0.2) is 41.7 Å². The fourth-order valence-electron chi connectivity index (χ4n) is 2.82. The molecule has 1 aliphatic heterocycles. The summed E-state index contributed by atoms with van der Waals surface area (Å²) in [5.41, 5.74) is 1.28. The van der Waals surface area contributed by atoms with Gasteiger partial charge in [-0.2, -0.15) is 0 Å². The molecule has 3 rings (SSSR count). The SMILES string of the molecule is O=C1CCCC2=C1C(c1ccccc1)C([N+](=O)[O-])O2. The van der Waals surface area contributed by atoms with Gasteiger partial charge in [-0.15, -0.1) is 0 Å². The van der Waals surface area contributed by atoms with Crippen molar-refractivity contribution in [3.63, 3.8) is 0 Å². The van der Waals surface area contributed by atoms with Crippen molar-refractivity contribution in [2.24, 2.45) is 0 Å². The molecule has 0 N–H and O–H groups in total. The Morgan fingerprint density at radius 1 is 1.21 bits per heavy atom. The van der Waals surface area contributed by atoms with Crippen LogP contribution in [0.3, 0.4) is 0 Å². The van der Waals surface area contributed by atoms with Gasteiger partial charge in [0.1, 0.15) is 11.7 Å². The highest BCUT2D eigenvalue weighted by Gasteiger charge is 2.48. The molecule has 5 heteroatoms. The maximum Gasteiger partial charge on any atom is 0.364 e. The Balaban J connectivity index is 2.08. The number of ketones is 1. The van der Waals surface area contributed by atoms with E-state index in [0.717, 1.165) is 5.56 Å². The molecule has 0 spiro atoms. The Hall–Kier alpha value is -2.17. The molecule has 0 bridgehead atoms. The van der Waals surface area contributed by atoms with E-state index in [0.29, 0.717) is 30.6 Å². The second kappa shape index (κ2) is 4.50. The van der Waals surface area contributed by atoms with E-state index in [-0.39, 0.29) is 5.78 Å². The van der Waals surface area contributed by atoms with Gasteiger partial charge in [0, 0.05) is 12.8 Å². The first-order valence-corrected chi connectivity index (χ1v) is 6.30. The highest BCUT2D eigenvalue weighted by molar-refractivity contribution is 5.98. The number of carbonyl (C=O) groups is 1. The van der Waals surface area contributed by atoms with E-state index in [1.54, 1.807) is 0 Å². The van der Waals surface area contributed by atoms with Crippen molar-refractivity contribution in [3.05, 3.63) is 57.3 Å². The second-order valence-corrected chi connectivity index (χ2v) is 4.80. The molecular formula is C14H13NO4. The molecule has 0 fully saturated rings. The first kappa shape index (κ1) is 11.9. The van der Waals surface area contributed by atoms with E-state index in [4.69, 9.17) is 4.74 Å². The van der Waals surface area contributed by atoms with Crippen LogP contribution in [0.4, 0.5) is 0 Å². The van der Waals surface area contributed by atoms with E-state index in [1.165, 1.54) is 0 Å². The molecule has 98 valence electrons. The molecule has 0 aromatic heterocycles. The molecule has 19 heavy (non-hydrogen) atoms. The fourth-order valence-corrected chi connectivity index (χ4v) is 2.82. The molecule has 0 saturated carbocycles. The van der Waals surface area contributed by atoms with Crippen molar-refractivity contribution in [1.82, 2.24) is 0 Å². The average Bonchev–Trinajstić information content (AvgIpc) is 2.81. The fraction of sp³-hybridized carbons (Fsp3) is 0.357. The molecule has 2 unspecified atom stereocenters. The highest BCUT2D eigenvalue weighted by Crippen LogP contribution is 2.43. The van der Waals surface area contributed by atoms with Gasteiger partial charge < -0.3 is 4.74 Å². The van der Waals surface area contributed by atoms with Gasteiger partial charge in [-0.3, -0.25) is 14.9 Å². The number of rotatable bonds is 2. The number of hydrogen-bond donors (Lipinski definition) is 0. The van der Waals surface area contributed by atoms with Crippen molar-refractivity contribution in [3.8, 4) is 0 Å². The standard InChI is InChI=1S/C14H13NO4/c16-10-7-4-8-11-13(10)12(14(19-11)15(17)18)9-5-2-1-3-6-9/h1-3,5-6,12,14H,4,7-8H2. The van der Waals surface area contributed by atoms with Crippen LogP contribution in [0.5, 0.6) is 0 Å².